The largest absolute Gasteiger partial charge is 0.345 e. The molecular formula is C19H18N4O4S2. The van der Waals surface area contributed by atoms with E-state index >= 15 is 0 Å². The molecule has 1 saturated heterocycles. The summed E-state index contributed by atoms with van der Waals surface area (Å²) >= 11 is 1.56. The second kappa shape index (κ2) is 7.90. The van der Waals surface area contributed by atoms with Gasteiger partial charge in [0.1, 0.15) is 0 Å². The lowest BCUT2D eigenvalue weighted by Gasteiger charge is -2.33. The minimum absolute atomic E-state index is 0.245. The van der Waals surface area contributed by atoms with E-state index in [0.717, 1.165) is 15.6 Å². The van der Waals surface area contributed by atoms with Crippen molar-refractivity contribution in [3.63, 3.8) is 0 Å². The molecule has 0 atom stereocenters. The van der Waals surface area contributed by atoms with Crippen LogP contribution in [0.4, 0.5) is 10.8 Å². The third kappa shape index (κ3) is 3.86. The summed E-state index contributed by atoms with van der Waals surface area (Å²) in [6.45, 7) is 1.44. The topological polar surface area (TPSA) is 96.6 Å². The van der Waals surface area contributed by atoms with Crippen molar-refractivity contribution in [3.8, 4) is 10.4 Å². The number of nitro benzene ring substituents is 1. The van der Waals surface area contributed by atoms with Crippen molar-refractivity contribution >= 4 is 32.2 Å². The van der Waals surface area contributed by atoms with E-state index in [1.54, 1.807) is 11.3 Å². The van der Waals surface area contributed by atoms with Gasteiger partial charge in [-0.15, -0.1) is 0 Å². The van der Waals surface area contributed by atoms with Crippen molar-refractivity contribution in [2.24, 2.45) is 0 Å². The molecule has 8 nitrogen and oxygen atoms in total. The van der Waals surface area contributed by atoms with Gasteiger partial charge in [0.2, 0.25) is 10.0 Å². The number of hydrogen-bond donors (Lipinski definition) is 0. The first-order chi connectivity index (χ1) is 14.0. The third-order valence-corrected chi connectivity index (χ3v) is 7.79. The Morgan fingerprint density at radius 1 is 0.966 bits per heavy atom. The number of nitro groups is 1. The zero-order valence-corrected chi connectivity index (χ0v) is 17.0. The first-order valence-corrected chi connectivity index (χ1v) is 11.2. The van der Waals surface area contributed by atoms with Crippen molar-refractivity contribution in [3.05, 3.63) is 70.9 Å². The molecule has 3 aromatic rings. The van der Waals surface area contributed by atoms with Gasteiger partial charge in [0, 0.05) is 38.4 Å². The first-order valence-electron chi connectivity index (χ1n) is 8.96. The molecule has 0 spiro atoms. The van der Waals surface area contributed by atoms with E-state index in [-0.39, 0.29) is 18.0 Å². The number of benzene rings is 2. The Kier molecular flexibility index (Phi) is 5.31. The highest BCUT2D eigenvalue weighted by Crippen LogP contribution is 2.32. The highest BCUT2D eigenvalue weighted by Gasteiger charge is 2.33. The van der Waals surface area contributed by atoms with E-state index in [1.807, 2.05) is 41.4 Å². The molecule has 0 aliphatic carbocycles. The van der Waals surface area contributed by atoms with Crippen LogP contribution in [0, 0.1) is 10.1 Å². The van der Waals surface area contributed by atoms with E-state index in [2.05, 4.69) is 4.98 Å². The molecule has 4 rings (SSSR count). The monoisotopic (exact) mass is 430 g/mol. The number of sulfonamides is 1. The van der Waals surface area contributed by atoms with E-state index in [0.29, 0.717) is 13.1 Å². The van der Waals surface area contributed by atoms with Crippen molar-refractivity contribution in [1.29, 1.82) is 0 Å². The van der Waals surface area contributed by atoms with E-state index < -0.39 is 20.6 Å². The number of nitrogens with zero attached hydrogens (tertiary/aromatic N) is 4. The van der Waals surface area contributed by atoms with Crippen LogP contribution in [0.15, 0.2) is 65.7 Å². The Morgan fingerprint density at radius 3 is 2.31 bits per heavy atom. The van der Waals surface area contributed by atoms with Crippen LogP contribution in [0.5, 0.6) is 0 Å². The Morgan fingerprint density at radius 2 is 1.62 bits per heavy atom. The number of para-hydroxylation sites is 1. The summed E-state index contributed by atoms with van der Waals surface area (Å²) in [6.07, 6.45) is 1.83. The van der Waals surface area contributed by atoms with Crippen molar-refractivity contribution < 1.29 is 13.3 Å². The maximum Gasteiger partial charge on any atom is 0.289 e. The SMILES string of the molecule is O=[N+]([O-])c1ccccc1S(=O)(=O)N1CCN(c2ncc(-c3ccccc3)s2)CC1. The van der Waals surface area contributed by atoms with Gasteiger partial charge in [-0.1, -0.05) is 53.8 Å². The van der Waals surface area contributed by atoms with E-state index in [4.69, 9.17) is 0 Å². The highest BCUT2D eigenvalue weighted by atomic mass is 32.2. The van der Waals surface area contributed by atoms with Gasteiger partial charge in [0.15, 0.2) is 10.0 Å². The van der Waals surface area contributed by atoms with Gasteiger partial charge in [-0.05, 0) is 11.6 Å². The number of rotatable bonds is 5. The lowest BCUT2D eigenvalue weighted by Crippen LogP contribution is -2.48. The fraction of sp³-hybridized carbons (Fsp3) is 0.211. The van der Waals surface area contributed by atoms with Gasteiger partial charge in [-0.3, -0.25) is 10.1 Å². The molecule has 0 unspecified atom stereocenters. The molecule has 0 radical (unpaired) electrons. The minimum atomic E-state index is -3.93. The van der Waals surface area contributed by atoms with Gasteiger partial charge in [-0.25, -0.2) is 13.4 Å². The summed E-state index contributed by atoms with van der Waals surface area (Å²) in [7, 11) is -3.93. The van der Waals surface area contributed by atoms with Crippen LogP contribution >= 0.6 is 11.3 Å². The maximum atomic E-state index is 12.9. The normalized spacial score (nSPS) is 15.4. The van der Waals surface area contributed by atoms with Crippen LogP contribution in [-0.2, 0) is 10.0 Å². The summed E-state index contributed by atoms with van der Waals surface area (Å²) in [6, 6.07) is 15.4. The molecule has 10 heteroatoms. The number of thiazole rings is 1. The van der Waals surface area contributed by atoms with Crippen molar-refractivity contribution in [1.82, 2.24) is 9.29 Å². The lowest BCUT2D eigenvalue weighted by molar-refractivity contribution is -0.387. The molecule has 0 bridgehead atoms. The molecule has 1 aliphatic heterocycles. The number of anilines is 1. The molecule has 2 aromatic carbocycles. The average molecular weight is 431 g/mol. The molecule has 29 heavy (non-hydrogen) atoms. The molecule has 0 amide bonds. The van der Waals surface area contributed by atoms with Gasteiger partial charge in [0.25, 0.3) is 5.69 Å². The summed E-state index contributed by atoms with van der Waals surface area (Å²) in [5, 5.41) is 12.1. The first kappa shape index (κ1) is 19.5. The molecule has 0 N–H and O–H groups in total. The molecular weight excluding hydrogens is 412 g/mol. The second-order valence-electron chi connectivity index (χ2n) is 6.49. The second-order valence-corrected chi connectivity index (χ2v) is 9.40. The Bertz CT molecular complexity index is 1120. The zero-order chi connectivity index (χ0) is 20.4. The van der Waals surface area contributed by atoms with Crippen LogP contribution in [0.1, 0.15) is 0 Å². The zero-order valence-electron chi connectivity index (χ0n) is 15.3. The molecule has 0 saturated carbocycles. The maximum absolute atomic E-state index is 12.9. The van der Waals surface area contributed by atoms with Crippen molar-refractivity contribution in [2.75, 3.05) is 31.1 Å². The number of piperazine rings is 1. The van der Waals surface area contributed by atoms with E-state index in [9.17, 15) is 18.5 Å². The summed E-state index contributed by atoms with van der Waals surface area (Å²) in [4.78, 5) is 17.9. The average Bonchev–Trinajstić information content (AvgIpc) is 3.25. The molecule has 1 aromatic heterocycles. The summed E-state index contributed by atoms with van der Waals surface area (Å²) < 4.78 is 27.2. The minimum Gasteiger partial charge on any atom is -0.345 e. The third-order valence-electron chi connectivity index (χ3n) is 4.74. The lowest BCUT2D eigenvalue weighted by atomic mass is 10.2. The summed E-state index contributed by atoms with van der Waals surface area (Å²) in [5.41, 5.74) is 0.691. The van der Waals surface area contributed by atoms with Gasteiger partial charge < -0.3 is 4.90 Å². The highest BCUT2D eigenvalue weighted by molar-refractivity contribution is 7.89. The predicted molar refractivity (Wildman–Crippen MR) is 112 cm³/mol. The van der Waals surface area contributed by atoms with Crippen molar-refractivity contribution in [2.45, 2.75) is 4.90 Å². The van der Waals surface area contributed by atoms with Crippen LogP contribution < -0.4 is 4.90 Å². The standard InChI is InChI=1S/C19H18N4O4S2/c24-23(25)16-8-4-5-9-18(16)29(26,27)22-12-10-21(11-13-22)19-20-14-17(28-19)15-6-2-1-3-7-15/h1-9,14H,10-13H2. The molecule has 1 fully saturated rings. The van der Waals surface area contributed by atoms with Gasteiger partial charge >= 0.3 is 0 Å². The number of aromatic nitrogens is 1. The molecule has 2 heterocycles. The van der Waals surface area contributed by atoms with Gasteiger partial charge in [-0.2, -0.15) is 4.31 Å². The van der Waals surface area contributed by atoms with Crippen LogP contribution in [0.25, 0.3) is 10.4 Å². The molecule has 150 valence electrons. The quantitative estimate of drug-likeness (QED) is 0.455. The Hall–Kier alpha value is -2.82. The fourth-order valence-electron chi connectivity index (χ4n) is 3.23. The Labute approximate surface area is 172 Å². The Balaban J connectivity index is 1.49. The predicted octanol–water partition coefficient (Wildman–Crippen LogP) is 3.23. The smallest absolute Gasteiger partial charge is 0.289 e. The fourth-order valence-corrected chi connectivity index (χ4v) is 5.78. The number of hydrogen-bond acceptors (Lipinski definition) is 7. The summed E-state index contributed by atoms with van der Waals surface area (Å²) in [5.74, 6) is 0. The van der Waals surface area contributed by atoms with Crippen LogP contribution in [0.3, 0.4) is 0 Å². The van der Waals surface area contributed by atoms with Gasteiger partial charge in [0.05, 0.1) is 9.80 Å². The van der Waals surface area contributed by atoms with Crippen LogP contribution in [0.2, 0.25) is 0 Å². The molecule has 1 aliphatic rings. The van der Waals surface area contributed by atoms with Crippen LogP contribution in [-0.4, -0.2) is 48.8 Å². The van der Waals surface area contributed by atoms with E-state index in [1.165, 1.54) is 28.6 Å².